The minimum atomic E-state index is -1.26. The van der Waals surface area contributed by atoms with E-state index in [9.17, 15) is 14.7 Å². The van der Waals surface area contributed by atoms with Crippen LogP contribution in [0.5, 0.6) is 0 Å². The quantitative estimate of drug-likeness (QED) is 0.511. The molecule has 1 atom stereocenters. The highest BCUT2D eigenvalue weighted by molar-refractivity contribution is 8.15. The second-order valence-electron chi connectivity index (χ2n) is 4.94. The van der Waals surface area contributed by atoms with Crippen LogP contribution < -0.4 is 15.3 Å². The van der Waals surface area contributed by atoms with E-state index in [1.807, 2.05) is 38.4 Å². The molecule has 22 heavy (non-hydrogen) atoms. The van der Waals surface area contributed by atoms with E-state index in [0.29, 0.717) is 5.17 Å². The Labute approximate surface area is 132 Å². The number of hydrogen-bond acceptors (Lipinski definition) is 6. The van der Waals surface area contributed by atoms with Gasteiger partial charge in [-0.2, -0.15) is 5.10 Å². The van der Waals surface area contributed by atoms with Gasteiger partial charge in [-0.15, -0.1) is 5.10 Å². The third kappa shape index (κ3) is 4.40. The Balaban J connectivity index is 1.96. The number of quaternary nitrogens is 1. The Morgan fingerprint density at radius 2 is 2.09 bits per heavy atom. The van der Waals surface area contributed by atoms with E-state index in [-0.39, 0.29) is 12.3 Å². The normalized spacial score (nSPS) is 20.0. The van der Waals surface area contributed by atoms with Crippen LogP contribution >= 0.6 is 11.8 Å². The number of amidine groups is 1. The number of nitrogens with zero attached hydrogens (tertiary/aromatic N) is 2. The molecule has 2 rings (SSSR count). The molecule has 1 saturated heterocycles. The lowest BCUT2D eigenvalue weighted by Crippen LogP contribution is -3.00. The summed E-state index contributed by atoms with van der Waals surface area (Å²) < 4.78 is 0. The van der Waals surface area contributed by atoms with Gasteiger partial charge in [-0.1, -0.05) is 11.8 Å². The zero-order chi connectivity index (χ0) is 16.1. The van der Waals surface area contributed by atoms with Crippen molar-refractivity contribution in [1.29, 1.82) is 0 Å². The van der Waals surface area contributed by atoms with Crippen molar-refractivity contribution in [3.63, 3.8) is 0 Å². The van der Waals surface area contributed by atoms with Crippen LogP contribution in [0.2, 0.25) is 0 Å². The van der Waals surface area contributed by atoms with Gasteiger partial charge in [0.1, 0.15) is 5.69 Å². The van der Waals surface area contributed by atoms with E-state index >= 15 is 0 Å². The van der Waals surface area contributed by atoms with Crippen LogP contribution in [0.4, 0.5) is 5.69 Å². The molecule has 1 fully saturated rings. The topological polar surface area (TPSA) is 98.4 Å². The van der Waals surface area contributed by atoms with Crippen molar-refractivity contribution in [2.75, 3.05) is 14.1 Å². The number of rotatable bonds is 5. The third-order valence-corrected chi connectivity index (χ3v) is 4.04. The summed E-state index contributed by atoms with van der Waals surface area (Å²) >= 11 is 1.04. The first-order valence-corrected chi connectivity index (χ1v) is 7.52. The monoisotopic (exact) mass is 320 g/mol. The predicted octanol–water partition coefficient (Wildman–Crippen LogP) is -1.48. The van der Waals surface area contributed by atoms with Gasteiger partial charge >= 0.3 is 0 Å². The van der Waals surface area contributed by atoms with Crippen molar-refractivity contribution >= 4 is 40.7 Å². The molecule has 1 aliphatic heterocycles. The molecular formula is C14H16N4O3S. The van der Waals surface area contributed by atoms with Crippen molar-refractivity contribution in [3.8, 4) is 0 Å². The largest absolute Gasteiger partial charge is 0.550 e. The molecule has 0 saturated carbocycles. The maximum absolute atomic E-state index is 11.5. The molecule has 1 aliphatic rings. The molecule has 0 radical (unpaired) electrons. The molecule has 1 amide bonds. The van der Waals surface area contributed by atoms with E-state index < -0.39 is 11.2 Å². The van der Waals surface area contributed by atoms with Gasteiger partial charge in [-0.3, -0.25) is 4.79 Å². The molecule has 116 valence electrons. The van der Waals surface area contributed by atoms with Gasteiger partial charge in [0, 0.05) is 12.4 Å². The van der Waals surface area contributed by atoms with Gasteiger partial charge in [-0.05, 0) is 29.8 Å². The van der Waals surface area contributed by atoms with Crippen molar-refractivity contribution in [1.82, 2.24) is 5.32 Å². The number of carbonyl (C=O) groups excluding carboxylic acids is 2. The van der Waals surface area contributed by atoms with Gasteiger partial charge in [0.05, 0.1) is 25.6 Å². The van der Waals surface area contributed by atoms with Crippen LogP contribution in [0.3, 0.4) is 0 Å². The summed E-state index contributed by atoms with van der Waals surface area (Å²) in [5, 5.41) is 20.4. The van der Waals surface area contributed by atoms with Crippen LogP contribution in [0.15, 0.2) is 34.5 Å². The van der Waals surface area contributed by atoms with Crippen LogP contribution in [-0.4, -0.2) is 42.6 Å². The second-order valence-corrected chi connectivity index (χ2v) is 6.14. The van der Waals surface area contributed by atoms with Gasteiger partial charge in [0.15, 0.2) is 5.17 Å². The Morgan fingerprint density at radius 3 is 2.68 bits per heavy atom. The Bertz CT molecular complexity index is 625. The molecule has 7 nitrogen and oxygen atoms in total. The minimum Gasteiger partial charge on any atom is -0.550 e. The minimum absolute atomic E-state index is 0.293. The number of aliphatic carboxylic acids is 1. The molecule has 1 heterocycles. The summed E-state index contributed by atoms with van der Waals surface area (Å²) in [6.45, 7) is 0. The predicted molar refractivity (Wildman–Crippen MR) is 83.1 cm³/mol. The van der Waals surface area contributed by atoms with E-state index in [4.69, 9.17) is 0 Å². The lowest BCUT2D eigenvalue weighted by Gasteiger charge is -2.05. The average molecular weight is 320 g/mol. The first-order chi connectivity index (χ1) is 10.5. The first kappa shape index (κ1) is 16.2. The summed E-state index contributed by atoms with van der Waals surface area (Å²) in [5.41, 5.74) is 2.04. The zero-order valence-electron chi connectivity index (χ0n) is 12.2. The summed E-state index contributed by atoms with van der Waals surface area (Å²) in [4.78, 5) is 23.2. The SMILES string of the molecule is C[NH+](C)c1ccc(/C=N/N=C2/NC(=O)C(CC(=O)[O-])S2)cc1. The lowest BCUT2D eigenvalue weighted by atomic mass is 10.2. The molecular weight excluding hydrogens is 304 g/mol. The number of nitrogens with one attached hydrogen (secondary N) is 2. The molecule has 8 heteroatoms. The fourth-order valence-electron chi connectivity index (χ4n) is 1.79. The maximum atomic E-state index is 11.5. The van der Waals surface area contributed by atoms with Crippen LogP contribution in [0.1, 0.15) is 12.0 Å². The number of carboxylic acids is 1. The van der Waals surface area contributed by atoms with Gasteiger partial charge in [-0.25, -0.2) is 0 Å². The Kier molecular flexibility index (Phi) is 5.29. The fraction of sp³-hybridized carbons (Fsp3) is 0.286. The number of carboxylic acid groups (broad SMARTS) is 1. The lowest BCUT2D eigenvalue weighted by molar-refractivity contribution is -0.786. The highest BCUT2D eigenvalue weighted by atomic mass is 32.2. The van der Waals surface area contributed by atoms with Crippen LogP contribution in [0.25, 0.3) is 0 Å². The van der Waals surface area contributed by atoms with Crippen molar-refractivity contribution < 1.29 is 19.6 Å². The molecule has 0 spiro atoms. The summed E-state index contributed by atoms with van der Waals surface area (Å²) in [6, 6.07) is 7.83. The van der Waals surface area contributed by atoms with E-state index in [2.05, 4.69) is 15.5 Å². The van der Waals surface area contributed by atoms with Gasteiger partial charge < -0.3 is 20.1 Å². The Hall–Kier alpha value is -2.19. The van der Waals surface area contributed by atoms with E-state index in [0.717, 1.165) is 23.0 Å². The summed E-state index contributed by atoms with van der Waals surface area (Å²) in [6.07, 6.45) is 1.23. The number of benzene rings is 1. The van der Waals surface area contributed by atoms with E-state index in [1.54, 1.807) is 6.21 Å². The van der Waals surface area contributed by atoms with Crippen molar-refractivity contribution in [2.45, 2.75) is 11.7 Å². The molecule has 0 aliphatic carbocycles. The summed E-state index contributed by atoms with van der Waals surface area (Å²) in [7, 11) is 4.08. The second kappa shape index (κ2) is 7.19. The van der Waals surface area contributed by atoms with Crippen molar-refractivity contribution in [2.24, 2.45) is 10.2 Å². The van der Waals surface area contributed by atoms with Crippen LogP contribution in [0, 0.1) is 0 Å². The molecule has 1 aromatic rings. The number of carbonyl (C=O) groups is 2. The Morgan fingerprint density at radius 1 is 1.41 bits per heavy atom. The smallest absolute Gasteiger partial charge is 0.239 e. The van der Waals surface area contributed by atoms with Gasteiger partial charge in [0.25, 0.3) is 0 Å². The number of thioether (sulfide) groups is 1. The molecule has 0 aromatic heterocycles. The molecule has 1 unspecified atom stereocenters. The molecule has 1 aromatic carbocycles. The van der Waals surface area contributed by atoms with E-state index in [1.165, 1.54) is 4.90 Å². The average Bonchev–Trinajstić information content (AvgIpc) is 2.79. The number of hydrogen-bond donors (Lipinski definition) is 2. The van der Waals surface area contributed by atoms with Gasteiger partial charge in [0.2, 0.25) is 5.91 Å². The zero-order valence-corrected chi connectivity index (χ0v) is 13.0. The molecule has 0 bridgehead atoms. The fourth-order valence-corrected chi connectivity index (χ4v) is 2.70. The number of amides is 1. The first-order valence-electron chi connectivity index (χ1n) is 6.64. The molecule has 2 N–H and O–H groups in total. The summed E-state index contributed by atoms with van der Waals surface area (Å²) in [5.74, 6) is -1.65. The maximum Gasteiger partial charge on any atom is 0.239 e. The van der Waals surface area contributed by atoms with Crippen molar-refractivity contribution in [3.05, 3.63) is 29.8 Å². The highest BCUT2D eigenvalue weighted by Crippen LogP contribution is 2.21. The third-order valence-electron chi connectivity index (χ3n) is 2.97. The van der Waals surface area contributed by atoms with Crippen LogP contribution in [-0.2, 0) is 9.59 Å². The highest BCUT2D eigenvalue weighted by Gasteiger charge is 2.30. The standard InChI is InChI=1S/C14H16N4O3S/c1-18(2)10-5-3-9(4-6-10)8-15-17-14-16-13(21)11(22-14)7-12(19)20/h3-6,8,11H,7H2,1-2H3,(H,19,20)(H,16,17,21)/b15-8+.